The molecule has 0 bridgehead atoms. The Balaban J connectivity index is 2.36. The summed E-state index contributed by atoms with van der Waals surface area (Å²) >= 11 is 0. The number of methoxy groups -OCH3 is 1. The second-order valence-electron chi connectivity index (χ2n) is 4.75. The first-order valence-electron chi connectivity index (χ1n) is 6.79. The van der Waals surface area contributed by atoms with Gasteiger partial charge in [0.15, 0.2) is 6.10 Å². The van der Waals surface area contributed by atoms with Gasteiger partial charge in [0.05, 0.1) is 0 Å². The van der Waals surface area contributed by atoms with Crippen LogP contribution in [0.3, 0.4) is 0 Å². The fourth-order valence-corrected chi connectivity index (χ4v) is 2.11. The highest BCUT2D eigenvalue weighted by molar-refractivity contribution is 5.96. The number of aromatic nitrogens is 1. The van der Waals surface area contributed by atoms with Crippen molar-refractivity contribution in [3.63, 3.8) is 0 Å². The van der Waals surface area contributed by atoms with E-state index in [2.05, 4.69) is 4.98 Å². The Morgan fingerprint density at radius 1 is 1.17 bits per heavy atom. The smallest absolute Gasteiger partial charge is 0.367 e. The number of benzene rings is 1. The van der Waals surface area contributed by atoms with E-state index in [9.17, 15) is 18.0 Å². The summed E-state index contributed by atoms with van der Waals surface area (Å²) in [6, 6.07) is 12.8. The molecule has 23 heavy (non-hydrogen) atoms. The lowest BCUT2D eigenvalue weighted by Gasteiger charge is -2.27. The van der Waals surface area contributed by atoms with E-state index in [1.54, 1.807) is 36.4 Å². The molecule has 0 aliphatic heterocycles. The summed E-state index contributed by atoms with van der Waals surface area (Å²) in [5.74, 6) is -0.900. The number of rotatable bonds is 5. The molecule has 1 atom stereocenters. The maximum atomic E-state index is 12.9. The van der Waals surface area contributed by atoms with Crippen molar-refractivity contribution in [2.24, 2.45) is 0 Å². The molecule has 4 nitrogen and oxygen atoms in total. The number of carbonyl (C=O) groups is 1. The Hall–Kier alpha value is -2.41. The van der Waals surface area contributed by atoms with E-state index in [0.717, 1.165) is 0 Å². The lowest BCUT2D eigenvalue weighted by Crippen LogP contribution is -2.42. The van der Waals surface area contributed by atoms with E-state index >= 15 is 0 Å². The minimum absolute atomic E-state index is 0.0761. The molecule has 0 unspecified atom stereocenters. The van der Waals surface area contributed by atoms with E-state index < -0.39 is 24.7 Å². The number of nitrogens with zero attached hydrogens (tertiary/aromatic N) is 2. The van der Waals surface area contributed by atoms with Gasteiger partial charge in [-0.3, -0.25) is 9.69 Å². The molecular formula is C16H15F3N2O2. The van der Waals surface area contributed by atoms with E-state index in [4.69, 9.17) is 4.74 Å². The Bertz CT molecular complexity index is 633. The fraction of sp³-hybridized carbons (Fsp3) is 0.250. The second kappa shape index (κ2) is 7.23. The van der Waals surface area contributed by atoms with Crippen LogP contribution in [0, 0.1) is 0 Å². The van der Waals surface area contributed by atoms with Gasteiger partial charge in [-0.05, 0) is 17.7 Å². The molecule has 0 saturated carbocycles. The zero-order valence-electron chi connectivity index (χ0n) is 12.3. The molecule has 0 N–H and O–H groups in total. The van der Waals surface area contributed by atoms with Gasteiger partial charge < -0.3 is 4.74 Å². The third kappa shape index (κ3) is 4.53. The summed E-state index contributed by atoms with van der Waals surface area (Å²) in [6.07, 6.45) is -4.36. The average molecular weight is 324 g/mol. The van der Waals surface area contributed by atoms with Gasteiger partial charge in [0.25, 0.3) is 5.91 Å². The first-order chi connectivity index (χ1) is 10.9. The molecular weight excluding hydrogens is 309 g/mol. The van der Waals surface area contributed by atoms with Crippen LogP contribution in [-0.4, -0.2) is 30.7 Å². The number of hydrogen-bond acceptors (Lipinski definition) is 3. The van der Waals surface area contributed by atoms with Crippen LogP contribution in [0.2, 0.25) is 0 Å². The van der Waals surface area contributed by atoms with Gasteiger partial charge in [-0.2, -0.15) is 13.2 Å². The number of alkyl halides is 3. The summed E-state index contributed by atoms with van der Waals surface area (Å²) in [4.78, 5) is 17.0. The van der Waals surface area contributed by atoms with Crippen molar-refractivity contribution in [1.29, 1.82) is 0 Å². The third-order valence-corrected chi connectivity index (χ3v) is 3.09. The van der Waals surface area contributed by atoms with Crippen molar-refractivity contribution < 1.29 is 22.7 Å². The van der Waals surface area contributed by atoms with Crippen molar-refractivity contribution in [2.75, 3.05) is 18.6 Å². The normalized spacial score (nSPS) is 12.7. The molecule has 2 aromatic rings. The summed E-state index contributed by atoms with van der Waals surface area (Å²) in [5.41, 5.74) is 0.475. The molecule has 2 rings (SSSR count). The average Bonchev–Trinajstić information content (AvgIpc) is 2.54. The van der Waals surface area contributed by atoms with Gasteiger partial charge in [-0.1, -0.05) is 36.4 Å². The molecule has 0 saturated heterocycles. The van der Waals surface area contributed by atoms with E-state index in [-0.39, 0.29) is 5.82 Å². The van der Waals surface area contributed by atoms with Crippen LogP contribution in [0.1, 0.15) is 11.7 Å². The van der Waals surface area contributed by atoms with Crippen molar-refractivity contribution >= 4 is 11.7 Å². The van der Waals surface area contributed by atoms with Crippen molar-refractivity contribution in [1.82, 2.24) is 4.98 Å². The molecule has 0 fully saturated rings. The van der Waals surface area contributed by atoms with E-state index in [1.807, 2.05) is 0 Å². The highest BCUT2D eigenvalue weighted by Gasteiger charge is 2.37. The minimum Gasteiger partial charge on any atom is -0.367 e. The summed E-state index contributed by atoms with van der Waals surface area (Å²) in [7, 11) is 1.28. The number of amides is 1. The van der Waals surface area contributed by atoms with Gasteiger partial charge in [0.1, 0.15) is 12.4 Å². The zero-order chi connectivity index (χ0) is 16.9. The highest BCUT2D eigenvalue weighted by Crippen LogP contribution is 2.26. The monoisotopic (exact) mass is 324 g/mol. The molecule has 1 aromatic carbocycles. The maximum absolute atomic E-state index is 12.9. The molecule has 0 radical (unpaired) electrons. The predicted molar refractivity (Wildman–Crippen MR) is 78.8 cm³/mol. The zero-order valence-corrected chi connectivity index (χ0v) is 12.3. The number of anilines is 1. The first kappa shape index (κ1) is 17.0. The first-order valence-corrected chi connectivity index (χ1v) is 6.79. The molecule has 1 aromatic heterocycles. The van der Waals surface area contributed by atoms with E-state index in [0.29, 0.717) is 10.5 Å². The molecule has 0 spiro atoms. The predicted octanol–water partition coefficient (Wildman–Crippen LogP) is 3.36. The molecule has 7 heteroatoms. The Labute approximate surface area is 131 Å². The van der Waals surface area contributed by atoms with Gasteiger partial charge in [0.2, 0.25) is 0 Å². The number of carbonyl (C=O) groups excluding carboxylic acids is 1. The highest BCUT2D eigenvalue weighted by atomic mass is 19.4. The van der Waals surface area contributed by atoms with Crippen LogP contribution in [-0.2, 0) is 9.53 Å². The molecule has 122 valence electrons. The van der Waals surface area contributed by atoms with Crippen LogP contribution in [0.5, 0.6) is 0 Å². The number of halogens is 3. The quantitative estimate of drug-likeness (QED) is 0.847. The number of hydrogen-bond donors (Lipinski definition) is 0. The Kier molecular flexibility index (Phi) is 5.33. The SMILES string of the molecule is CO[C@H](C(=O)N(CC(F)(F)F)c1ccccn1)c1ccccc1. The second-order valence-corrected chi connectivity index (χ2v) is 4.75. The fourth-order valence-electron chi connectivity index (χ4n) is 2.11. The lowest BCUT2D eigenvalue weighted by atomic mass is 10.1. The van der Waals surface area contributed by atoms with Crippen LogP contribution < -0.4 is 4.90 Å². The van der Waals surface area contributed by atoms with Crippen LogP contribution in [0.4, 0.5) is 19.0 Å². The van der Waals surface area contributed by atoms with Crippen molar-refractivity contribution in [3.05, 3.63) is 60.3 Å². The topological polar surface area (TPSA) is 42.4 Å². The van der Waals surface area contributed by atoms with E-state index in [1.165, 1.54) is 25.4 Å². The molecule has 1 amide bonds. The third-order valence-electron chi connectivity index (χ3n) is 3.09. The van der Waals surface area contributed by atoms with Crippen molar-refractivity contribution in [2.45, 2.75) is 12.3 Å². The Morgan fingerprint density at radius 2 is 1.83 bits per heavy atom. The van der Waals surface area contributed by atoms with Gasteiger partial charge >= 0.3 is 6.18 Å². The largest absolute Gasteiger partial charge is 0.406 e. The van der Waals surface area contributed by atoms with Crippen LogP contribution in [0.15, 0.2) is 54.7 Å². The van der Waals surface area contributed by atoms with Gasteiger partial charge in [-0.25, -0.2) is 4.98 Å². The van der Waals surface area contributed by atoms with Gasteiger partial charge in [-0.15, -0.1) is 0 Å². The summed E-state index contributed by atoms with van der Waals surface area (Å²) in [5, 5.41) is 0. The standard InChI is InChI=1S/C16H15F3N2O2/c1-23-14(12-7-3-2-4-8-12)15(22)21(11-16(17,18)19)13-9-5-6-10-20-13/h2-10,14H,11H2,1H3/t14-/m0/s1. The van der Waals surface area contributed by atoms with Crippen LogP contribution in [0.25, 0.3) is 0 Å². The minimum atomic E-state index is -4.55. The number of ether oxygens (including phenoxy) is 1. The summed E-state index contributed by atoms with van der Waals surface area (Å²) < 4.78 is 43.7. The van der Waals surface area contributed by atoms with Gasteiger partial charge in [0, 0.05) is 13.3 Å². The Morgan fingerprint density at radius 3 is 2.35 bits per heavy atom. The molecule has 1 heterocycles. The summed E-state index contributed by atoms with van der Waals surface area (Å²) in [6.45, 7) is -1.43. The van der Waals surface area contributed by atoms with Crippen LogP contribution >= 0.6 is 0 Å². The molecule has 0 aliphatic carbocycles. The maximum Gasteiger partial charge on any atom is 0.406 e. The van der Waals surface area contributed by atoms with Crippen molar-refractivity contribution in [3.8, 4) is 0 Å². The molecule has 0 aliphatic rings. The number of pyridine rings is 1. The lowest BCUT2D eigenvalue weighted by molar-refractivity contribution is -0.139.